The fraction of sp³-hybridized carbons (Fsp3) is 0.286. The van der Waals surface area contributed by atoms with Gasteiger partial charge in [0.15, 0.2) is 0 Å². The number of methoxy groups -OCH3 is 1. The first-order valence-corrected chi connectivity index (χ1v) is 11.2. The SMILES string of the molecule is COc1cc(C)c(S(=O)(=O)NCCNc2cc(Nc3cc(C)ccn3)ncn2)cc1C. The third-order valence-electron chi connectivity index (χ3n) is 4.54. The molecule has 0 aliphatic heterocycles. The average Bonchev–Trinajstić information content (AvgIpc) is 2.73. The molecule has 2 aromatic heterocycles. The van der Waals surface area contributed by atoms with Gasteiger partial charge in [0, 0.05) is 25.4 Å². The lowest BCUT2D eigenvalue weighted by atomic mass is 10.1. The molecule has 0 unspecified atom stereocenters. The lowest BCUT2D eigenvalue weighted by Gasteiger charge is -2.13. The Labute approximate surface area is 182 Å². The third kappa shape index (κ3) is 5.89. The first kappa shape index (κ1) is 22.4. The predicted octanol–water partition coefficient (Wildman–Crippen LogP) is 2.94. The quantitative estimate of drug-likeness (QED) is 0.433. The van der Waals surface area contributed by atoms with Crippen molar-refractivity contribution in [2.24, 2.45) is 0 Å². The molecule has 3 aromatic rings. The van der Waals surface area contributed by atoms with Gasteiger partial charge in [-0.1, -0.05) is 0 Å². The lowest BCUT2D eigenvalue weighted by Crippen LogP contribution is -2.29. The molecular formula is C21H26N6O3S. The number of pyridine rings is 1. The Balaban J connectivity index is 1.58. The van der Waals surface area contributed by atoms with E-state index in [0.717, 1.165) is 11.1 Å². The molecule has 0 atom stereocenters. The Morgan fingerprint density at radius 3 is 2.39 bits per heavy atom. The van der Waals surface area contributed by atoms with Crippen molar-refractivity contribution in [1.29, 1.82) is 0 Å². The molecule has 3 N–H and O–H groups in total. The third-order valence-corrected chi connectivity index (χ3v) is 6.15. The summed E-state index contributed by atoms with van der Waals surface area (Å²) in [5.41, 5.74) is 2.47. The lowest BCUT2D eigenvalue weighted by molar-refractivity contribution is 0.411. The van der Waals surface area contributed by atoms with Gasteiger partial charge in [0.05, 0.1) is 12.0 Å². The number of sulfonamides is 1. The number of aromatic nitrogens is 3. The summed E-state index contributed by atoms with van der Waals surface area (Å²) >= 11 is 0. The molecule has 0 bridgehead atoms. The van der Waals surface area contributed by atoms with Crippen molar-refractivity contribution in [3.05, 3.63) is 59.5 Å². The smallest absolute Gasteiger partial charge is 0.240 e. The van der Waals surface area contributed by atoms with Gasteiger partial charge in [-0.15, -0.1) is 0 Å². The molecule has 31 heavy (non-hydrogen) atoms. The molecule has 0 saturated heterocycles. The van der Waals surface area contributed by atoms with Crippen LogP contribution in [0, 0.1) is 20.8 Å². The summed E-state index contributed by atoms with van der Waals surface area (Å²) in [4.78, 5) is 12.8. The van der Waals surface area contributed by atoms with Crippen molar-refractivity contribution in [2.75, 3.05) is 30.8 Å². The van der Waals surface area contributed by atoms with E-state index < -0.39 is 10.0 Å². The molecule has 1 aromatic carbocycles. The van der Waals surface area contributed by atoms with E-state index in [1.807, 2.05) is 26.0 Å². The number of rotatable bonds is 9. The molecule has 164 valence electrons. The van der Waals surface area contributed by atoms with Crippen LogP contribution in [0.3, 0.4) is 0 Å². The van der Waals surface area contributed by atoms with Gasteiger partial charge in [0.25, 0.3) is 0 Å². The second-order valence-corrected chi connectivity index (χ2v) is 8.78. The zero-order chi connectivity index (χ0) is 22.4. The fourth-order valence-corrected chi connectivity index (χ4v) is 4.33. The van der Waals surface area contributed by atoms with Crippen molar-refractivity contribution in [2.45, 2.75) is 25.7 Å². The van der Waals surface area contributed by atoms with Crippen molar-refractivity contribution in [3.8, 4) is 5.75 Å². The maximum Gasteiger partial charge on any atom is 0.240 e. The number of benzene rings is 1. The number of anilines is 3. The minimum atomic E-state index is -3.64. The average molecular weight is 443 g/mol. The van der Waals surface area contributed by atoms with Gasteiger partial charge in [-0.3, -0.25) is 0 Å². The number of hydrogen-bond acceptors (Lipinski definition) is 8. The van der Waals surface area contributed by atoms with E-state index >= 15 is 0 Å². The normalized spacial score (nSPS) is 11.2. The maximum atomic E-state index is 12.7. The van der Waals surface area contributed by atoms with Gasteiger partial charge in [-0.05, 0) is 61.7 Å². The van der Waals surface area contributed by atoms with Crippen LogP contribution >= 0.6 is 0 Å². The molecule has 9 nitrogen and oxygen atoms in total. The number of nitrogens with zero attached hydrogens (tertiary/aromatic N) is 3. The standard InChI is InChI=1S/C21H26N6O3S/c1-14-5-6-22-20(9-14)27-21-12-19(24-13-25-21)23-7-8-26-31(28,29)18-11-15(2)17(30-4)10-16(18)3/h5-6,9-13,26H,7-8H2,1-4H3,(H2,22,23,24,25,27). The van der Waals surface area contributed by atoms with E-state index in [4.69, 9.17) is 4.74 Å². The zero-order valence-electron chi connectivity index (χ0n) is 17.9. The molecule has 3 rings (SSSR count). The number of aryl methyl sites for hydroxylation is 3. The summed E-state index contributed by atoms with van der Waals surface area (Å²) in [5, 5.41) is 6.21. The highest BCUT2D eigenvalue weighted by molar-refractivity contribution is 7.89. The Morgan fingerprint density at radius 1 is 0.903 bits per heavy atom. The summed E-state index contributed by atoms with van der Waals surface area (Å²) in [6.07, 6.45) is 3.14. The van der Waals surface area contributed by atoms with Crippen LogP contribution in [0.25, 0.3) is 0 Å². The van der Waals surface area contributed by atoms with Crippen molar-refractivity contribution >= 4 is 27.5 Å². The van der Waals surface area contributed by atoms with Crippen LogP contribution in [-0.2, 0) is 10.0 Å². The Bertz CT molecular complexity index is 1170. The van der Waals surface area contributed by atoms with E-state index in [0.29, 0.717) is 35.3 Å². The first-order chi connectivity index (χ1) is 14.8. The van der Waals surface area contributed by atoms with Crippen LogP contribution in [-0.4, -0.2) is 43.6 Å². The van der Waals surface area contributed by atoms with E-state index in [1.165, 1.54) is 6.33 Å². The molecule has 0 aliphatic carbocycles. The second-order valence-electron chi connectivity index (χ2n) is 7.04. The summed E-state index contributed by atoms with van der Waals surface area (Å²) in [7, 11) is -2.08. The van der Waals surface area contributed by atoms with Gasteiger partial charge in [-0.25, -0.2) is 28.1 Å². The molecule has 10 heteroatoms. The van der Waals surface area contributed by atoms with E-state index in [9.17, 15) is 8.42 Å². The minimum Gasteiger partial charge on any atom is -0.496 e. The molecule has 0 amide bonds. The highest BCUT2D eigenvalue weighted by Crippen LogP contribution is 2.25. The molecule has 0 fully saturated rings. The summed E-state index contributed by atoms with van der Waals surface area (Å²) in [6, 6.07) is 8.89. The number of hydrogen-bond donors (Lipinski definition) is 3. The summed E-state index contributed by atoms with van der Waals surface area (Å²) in [5.74, 6) is 2.50. The van der Waals surface area contributed by atoms with Gasteiger partial charge in [0.1, 0.15) is 29.5 Å². The number of ether oxygens (including phenoxy) is 1. The largest absolute Gasteiger partial charge is 0.496 e. The van der Waals surface area contributed by atoms with Crippen LogP contribution in [0.1, 0.15) is 16.7 Å². The summed E-state index contributed by atoms with van der Waals surface area (Å²) < 4.78 is 33.2. The highest BCUT2D eigenvalue weighted by atomic mass is 32.2. The van der Waals surface area contributed by atoms with Gasteiger partial charge < -0.3 is 15.4 Å². The van der Waals surface area contributed by atoms with Crippen molar-refractivity contribution in [1.82, 2.24) is 19.7 Å². The van der Waals surface area contributed by atoms with Crippen molar-refractivity contribution < 1.29 is 13.2 Å². The molecule has 0 aliphatic rings. The number of nitrogens with one attached hydrogen (secondary N) is 3. The molecule has 0 radical (unpaired) electrons. The van der Waals surface area contributed by atoms with Crippen LogP contribution in [0.5, 0.6) is 5.75 Å². The Morgan fingerprint density at radius 2 is 1.65 bits per heavy atom. The predicted molar refractivity (Wildman–Crippen MR) is 120 cm³/mol. The Hall–Kier alpha value is -3.24. The van der Waals surface area contributed by atoms with Crippen LogP contribution in [0.15, 0.2) is 47.8 Å². The maximum absolute atomic E-state index is 12.7. The molecule has 0 spiro atoms. The van der Waals surface area contributed by atoms with E-state index in [1.54, 1.807) is 38.4 Å². The van der Waals surface area contributed by atoms with Gasteiger partial charge >= 0.3 is 0 Å². The van der Waals surface area contributed by atoms with Crippen LogP contribution in [0.4, 0.5) is 17.5 Å². The van der Waals surface area contributed by atoms with Crippen LogP contribution in [0.2, 0.25) is 0 Å². The monoisotopic (exact) mass is 442 g/mol. The van der Waals surface area contributed by atoms with Crippen LogP contribution < -0.4 is 20.1 Å². The summed E-state index contributed by atoms with van der Waals surface area (Å²) in [6.45, 7) is 6.08. The zero-order valence-corrected chi connectivity index (χ0v) is 18.7. The molecule has 2 heterocycles. The topological polar surface area (TPSA) is 118 Å². The first-order valence-electron chi connectivity index (χ1n) is 9.69. The van der Waals surface area contributed by atoms with E-state index in [2.05, 4.69) is 30.3 Å². The minimum absolute atomic E-state index is 0.194. The van der Waals surface area contributed by atoms with Gasteiger partial charge in [-0.2, -0.15) is 0 Å². The molecular weight excluding hydrogens is 416 g/mol. The fourth-order valence-electron chi connectivity index (χ4n) is 2.98. The highest BCUT2D eigenvalue weighted by Gasteiger charge is 2.18. The van der Waals surface area contributed by atoms with Crippen molar-refractivity contribution in [3.63, 3.8) is 0 Å². The second kappa shape index (κ2) is 9.71. The molecule has 0 saturated carbocycles. The van der Waals surface area contributed by atoms with E-state index in [-0.39, 0.29) is 11.4 Å². The Kier molecular flexibility index (Phi) is 7.03. The van der Waals surface area contributed by atoms with Gasteiger partial charge in [0.2, 0.25) is 10.0 Å².